The Labute approximate surface area is 164 Å². The molecule has 27 heavy (non-hydrogen) atoms. The summed E-state index contributed by atoms with van der Waals surface area (Å²) in [6, 6.07) is 8.15. The number of rotatable bonds is 9. The van der Waals surface area contributed by atoms with Gasteiger partial charge in [0.15, 0.2) is 0 Å². The van der Waals surface area contributed by atoms with Gasteiger partial charge in [0.1, 0.15) is 11.6 Å². The largest absolute Gasteiger partial charge is 0.494 e. The molecule has 1 aromatic heterocycles. The lowest BCUT2D eigenvalue weighted by atomic mass is 9.78. The number of hydrogen-bond donors (Lipinski definition) is 0. The molecule has 0 spiro atoms. The smallest absolute Gasteiger partial charge is 0.128 e. The number of ether oxygens (including phenoxy) is 1. The molecule has 1 aromatic carbocycles. The predicted molar refractivity (Wildman–Crippen MR) is 112 cm³/mol. The summed E-state index contributed by atoms with van der Waals surface area (Å²) in [4.78, 5) is 9.22. The van der Waals surface area contributed by atoms with Crippen molar-refractivity contribution in [2.75, 3.05) is 6.61 Å². The Morgan fingerprint density at radius 1 is 0.852 bits per heavy atom. The van der Waals surface area contributed by atoms with E-state index in [4.69, 9.17) is 4.74 Å². The summed E-state index contributed by atoms with van der Waals surface area (Å²) < 4.78 is 5.50. The van der Waals surface area contributed by atoms with E-state index in [-0.39, 0.29) is 0 Å². The highest BCUT2D eigenvalue weighted by Gasteiger charge is 2.20. The van der Waals surface area contributed by atoms with Crippen LogP contribution in [0.2, 0.25) is 0 Å². The van der Waals surface area contributed by atoms with E-state index in [1.54, 1.807) is 0 Å². The van der Waals surface area contributed by atoms with Crippen LogP contribution in [0, 0.1) is 11.8 Å². The first-order valence-corrected chi connectivity index (χ1v) is 10.8. The van der Waals surface area contributed by atoms with Crippen molar-refractivity contribution in [2.24, 2.45) is 11.8 Å². The lowest BCUT2D eigenvalue weighted by molar-refractivity contribution is 0.249. The van der Waals surface area contributed by atoms with E-state index in [0.29, 0.717) is 6.61 Å². The van der Waals surface area contributed by atoms with Crippen molar-refractivity contribution in [3.63, 3.8) is 0 Å². The number of benzene rings is 1. The van der Waals surface area contributed by atoms with Crippen LogP contribution in [0.15, 0.2) is 36.7 Å². The van der Waals surface area contributed by atoms with Crippen LogP contribution in [0.5, 0.6) is 5.75 Å². The Morgan fingerprint density at radius 3 is 2.07 bits per heavy atom. The molecule has 1 aliphatic rings. The molecule has 0 unspecified atom stereocenters. The molecule has 0 amide bonds. The average molecular weight is 367 g/mol. The fourth-order valence-electron chi connectivity index (χ4n) is 4.18. The number of aryl methyl sites for hydroxylation is 1. The molecule has 1 saturated carbocycles. The van der Waals surface area contributed by atoms with Gasteiger partial charge in [0.25, 0.3) is 0 Å². The van der Waals surface area contributed by atoms with E-state index in [9.17, 15) is 0 Å². The number of nitrogens with zero attached hydrogens (tertiary/aromatic N) is 2. The molecule has 0 bridgehead atoms. The molecule has 1 fully saturated rings. The lowest BCUT2D eigenvalue weighted by Crippen LogP contribution is -2.15. The Hall–Kier alpha value is -1.90. The minimum atomic E-state index is 0.692. The molecule has 1 heterocycles. The van der Waals surface area contributed by atoms with Crippen LogP contribution in [0.1, 0.15) is 71.0 Å². The summed E-state index contributed by atoms with van der Waals surface area (Å²) in [5.41, 5.74) is 2.20. The molecular formula is C24H34N2O. The van der Waals surface area contributed by atoms with E-state index in [2.05, 4.69) is 29.0 Å². The van der Waals surface area contributed by atoms with Crippen molar-refractivity contribution in [3.05, 3.63) is 42.5 Å². The van der Waals surface area contributed by atoms with Crippen molar-refractivity contribution in [1.82, 2.24) is 9.97 Å². The van der Waals surface area contributed by atoms with E-state index in [1.165, 1.54) is 51.4 Å². The van der Waals surface area contributed by atoms with Gasteiger partial charge in [-0.3, -0.25) is 0 Å². The van der Waals surface area contributed by atoms with Crippen molar-refractivity contribution >= 4 is 0 Å². The van der Waals surface area contributed by atoms with Crippen LogP contribution < -0.4 is 4.74 Å². The third-order valence-corrected chi connectivity index (χ3v) is 5.91. The normalized spacial score (nSPS) is 19.8. The van der Waals surface area contributed by atoms with Gasteiger partial charge in [0, 0.05) is 24.4 Å². The van der Waals surface area contributed by atoms with Crippen molar-refractivity contribution in [2.45, 2.75) is 71.6 Å². The van der Waals surface area contributed by atoms with Gasteiger partial charge in [0.05, 0.1) is 6.61 Å². The molecular weight excluding hydrogens is 332 g/mol. The van der Waals surface area contributed by atoms with Crippen molar-refractivity contribution in [1.29, 1.82) is 0 Å². The first-order valence-electron chi connectivity index (χ1n) is 10.8. The third-order valence-electron chi connectivity index (χ3n) is 5.91. The highest BCUT2D eigenvalue weighted by molar-refractivity contribution is 5.62. The SMILES string of the molecule is CCCCC1CCC(CCc2ncc(-c3ccc(OCC)cc3)cn2)CC1. The molecule has 1 aliphatic carbocycles. The summed E-state index contributed by atoms with van der Waals surface area (Å²) in [6.07, 6.45) is 16.0. The van der Waals surface area contributed by atoms with Gasteiger partial charge >= 0.3 is 0 Å². The minimum Gasteiger partial charge on any atom is -0.494 e. The van der Waals surface area contributed by atoms with Crippen LogP contribution in [0.3, 0.4) is 0 Å². The number of aromatic nitrogens is 2. The highest BCUT2D eigenvalue weighted by Crippen LogP contribution is 2.34. The molecule has 0 saturated heterocycles. The van der Waals surface area contributed by atoms with Gasteiger partial charge in [-0.25, -0.2) is 9.97 Å². The third kappa shape index (κ3) is 6.05. The molecule has 0 radical (unpaired) electrons. The number of hydrogen-bond acceptors (Lipinski definition) is 3. The summed E-state index contributed by atoms with van der Waals surface area (Å²) in [6.45, 7) is 4.99. The zero-order chi connectivity index (χ0) is 18.9. The van der Waals surface area contributed by atoms with E-state index >= 15 is 0 Å². The van der Waals surface area contributed by atoms with Gasteiger partial charge in [-0.05, 0) is 42.9 Å². The molecule has 2 aromatic rings. The Balaban J connectivity index is 1.45. The molecule has 3 rings (SSSR count). The van der Waals surface area contributed by atoms with Gasteiger partial charge in [-0.2, -0.15) is 0 Å². The van der Waals surface area contributed by atoms with E-state index in [1.807, 2.05) is 31.5 Å². The molecule has 3 heteroatoms. The summed E-state index contributed by atoms with van der Waals surface area (Å²) in [7, 11) is 0. The lowest BCUT2D eigenvalue weighted by Gasteiger charge is -2.28. The van der Waals surface area contributed by atoms with Crippen LogP contribution in [-0.2, 0) is 6.42 Å². The van der Waals surface area contributed by atoms with Crippen LogP contribution in [0.4, 0.5) is 0 Å². The number of unbranched alkanes of at least 4 members (excludes halogenated alkanes) is 1. The Kier molecular flexibility index (Phi) is 7.67. The van der Waals surface area contributed by atoms with Gasteiger partial charge < -0.3 is 4.74 Å². The van der Waals surface area contributed by atoms with Crippen LogP contribution in [0.25, 0.3) is 11.1 Å². The van der Waals surface area contributed by atoms with Crippen molar-refractivity contribution in [3.8, 4) is 16.9 Å². The average Bonchev–Trinajstić information content (AvgIpc) is 2.73. The van der Waals surface area contributed by atoms with Crippen molar-refractivity contribution < 1.29 is 4.74 Å². The Morgan fingerprint density at radius 2 is 1.48 bits per heavy atom. The minimum absolute atomic E-state index is 0.692. The first-order chi connectivity index (χ1) is 13.3. The zero-order valence-corrected chi connectivity index (χ0v) is 17.0. The monoisotopic (exact) mass is 366 g/mol. The zero-order valence-electron chi connectivity index (χ0n) is 17.0. The standard InChI is InChI=1S/C24H34N2O/c1-3-5-6-19-7-9-20(10-8-19)11-16-24-25-17-22(18-26-24)21-12-14-23(15-13-21)27-4-2/h12-15,17-20H,3-11,16H2,1-2H3. The molecule has 3 nitrogen and oxygen atoms in total. The highest BCUT2D eigenvalue weighted by atomic mass is 16.5. The maximum absolute atomic E-state index is 5.50. The fraction of sp³-hybridized carbons (Fsp3) is 0.583. The second-order valence-electron chi connectivity index (χ2n) is 7.91. The maximum Gasteiger partial charge on any atom is 0.128 e. The van der Waals surface area contributed by atoms with E-state index < -0.39 is 0 Å². The second kappa shape index (κ2) is 10.4. The second-order valence-corrected chi connectivity index (χ2v) is 7.91. The van der Waals surface area contributed by atoms with E-state index in [0.717, 1.165) is 41.0 Å². The van der Waals surface area contributed by atoms with Crippen LogP contribution in [-0.4, -0.2) is 16.6 Å². The summed E-state index contributed by atoms with van der Waals surface area (Å²) in [5, 5.41) is 0. The Bertz CT molecular complexity index is 658. The quantitative estimate of drug-likeness (QED) is 0.510. The summed E-state index contributed by atoms with van der Waals surface area (Å²) in [5.74, 6) is 3.75. The van der Waals surface area contributed by atoms with Gasteiger partial charge in [-0.1, -0.05) is 64.0 Å². The first kappa shape index (κ1) is 19.9. The van der Waals surface area contributed by atoms with Gasteiger partial charge in [0.2, 0.25) is 0 Å². The topological polar surface area (TPSA) is 35.0 Å². The molecule has 0 aliphatic heterocycles. The molecule has 146 valence electrons. The van der Waals surface area contributed by atoms with Crippen LogP contribution >= 0.6 is 0 Å². The maximum atomic E-state index is 5.50. The van der Waals surface area contributed by atoms with Gasteiger partial charge in [-0.15, -0.1) is 0 Å². The summed E-state index contributed by atoms with van der Waals surface area (Å²) >= 11 is 0. The molecule has 0 atom stereocenters. The predicted octanol–water partition coefficient (Wildman–Crippen LogP) is 6.47. The fourth-order valence-corrected chi connectivity index (χ4v) is 4.18. The molecule has 0 N–H and O–H groups in total.